The van der Waals surface area contributed by atoms with Gasteiger partial charge < -0.3 is 10.4 Å². The molecule has 1 atom stereocenters. The van der Waals surface area contributed by atoms with Gasteiger partial charge in [0.15, 0.2) is 0 Å². The standard InChI is InChI=1S/C16H17NOS/c18-10-9-16-13-6-2-4-8-15(13)17-14-7-3-1-5-12(14)11-19-16/h1-2,4-8,11,16-18H,3,9-10H2. The first kappa shape index (κ1) is 12.6. The zero-order valence-corrected chi connectivity index (χ0v) is 11.5. The lowest BCUT2D eigenvalue weighted by Gasteiger charge is -2.25. The molecule has 1 unspecified atom stereocenters. The molecule has 19 heavy (non-hydrogen) atoms. The van der Waals surface area contributed by atoms with Crippen LogP contribution in [0.4, 0.5) is 5.69 Å². The van der Waals surface area contributed by atoms with Crippen LogP contribution < -0.4 is 5.32 Å². The van der Waals surface area contributed by atoms with Crippen molar-refractivity contribution >= 4 is 17.4 Å². The van der Waals surface area contributed by atoms with Crippen LogP contribution in [0.2, 0.25) is 0 Å². The average Bonchev–Trinajstić information content (AvgIpc) is 2.43. The van der Waals surface area contributed by atoms with Gasteiger partial charge in [0, 0.05) is 28.8 Å². The van der Waals surface area contributed by atoms with Crippen LogP contribution in [0.1, 0.15) is 23.7 Å². The molecule has 0 spiro atoms. The summed E-state index contributed by atoms with van der Waals surface area (Å²) in [7, 11) is 0. The fourth-order valence-electron chi connectivity index (χ4n) is 2.42. The second-order valence-corrected chi connectivity index (χ2v) is 5.76. The third-order valence-electron chi connectivity index (χ3n) is 3.39. The van der Waals surface area contributed by atoms with Gasteiger partial charge in [0.1, 0.15) is 0 Å². The number of thioether (sulfide) groups is 1. The number of aliphatic hydroxyl groups excluding tert-OH is 1. The van der Waals surface area contributed by atoms with E-state index in [4.69, 9.17) is 0 Å². The van der Waals surface area contributed by atoms with Gasteiger partial charge in [-0.05, 0) is 29.9 Å². The van der Waals surface area contributed by atoms with Gasteiger partial charge >= 0.3 is 0 Å². The Morgan fingerprint density at radius 1 is 1.32 bits per heavy atom. The quantitative estimate of drug-likeness (QED) is 0.853. The Morgan fingerprint density at radius 3 is 3.11 bits per heavy atom. The highest BCUT2D eigenvalue weighted by Gasteiger charge is 2.19. The third-order valence-corrected chi connectivity index (χ3v) is 4.60. The second kappa shape index (κ2) is 5.68. The zero-order chi connectivity index (χ0) is 13.1. The van der Waals surface area contributed by atoms with Gasteiger partial charge in [-0.2, -0.15) is 0 Å². The normalized spacial score (nSPS) is 21.2. The number of fused-ring (bicyclic) bond motifs is 2. The van der Waals surface area contributed by atoms with Gasteiger partial charge in [0.25, 0.3) is 0 Å². The van der Waals surface area contributed by atoms with E-state index in [-0.39, 0.29) is 6.61 Å². The maximum atomic E-state index is 9.26. The van der Waals surface area contributed by atoms with Crippen molar-refractivity contribution in [3.63, 3.8) is 0 Å². The van der Waals surface area contributed by atoms with Crippen LogP contribution in [-0.4, -0.2) is 11.7 Å². The summed E-state index contributed by atoms with van der Waals surface area (Å²) in [5.74, 6) is 0. The van der Waals surface area contributed by atoms with E-state index in [1.807, 2.05) is 0 Å². The maximum absolute atomic E-state index is 9.26. The molecule has 1 aromatic carbocycles. The minimum absolute atomic E-state index is 0.216. The molecule has 0 amide bonds. The fourth-order valence-corrected chi connectivity index (χ4v) is 3.53. The minimum Gasteiger partial charge on any atom is -0.396 e. The van der Waals surface area contributed by atoms with Gasteiger partial charge in [-0.25, -0.2) is 0 Å². The highest BCUT2D eigenvalue weighted by molar-refractivity contribution is 8.02. The Balaban J connectivity index is 2.01. The molecule has 1 aliphatic carbocycles. The number of hydrogen-bond donors (Lipinski definition) is 2. The molecular weight excluding hydrogens is 254 g/mol. The van der Waals surface area contributed by atoms with Crippen LogP contribution in [-0.2, 0) is 0 Å². The number of aliphatic hydroxyl groups is 1. The smallest absolute Gasteiger partial charge is 0.0444 e. The topological polar surface area (TPSA) is 32.3 Å². The van der Waals surface area contributed by atoms with Crippen molar-refractivity contribution in [2.75, 3.05) is 11.9 Å². The van der Waals surface area contributed by atoms with E-state index < -0.39 is 0 Å². The van der Waals surface area contributed by atoms with Crippen molar-refractivity contribution in [2.24, 2.45) is 0 Å². The maximum Gasteiger partial charge on any atom is 0.0444 e. The van der Waals surface area contributed by atoms with Crippen molar-refractivity contribution in [3.05, 3.63) is 64.7 Å². The van der Waals surface area contributed by atoms with Crippen LogP contribution in [0.3, 0.4) is 0 Å². The molecule has 0 fully saturated rings. The summed E-state index contributed by atoms with van der Waals surface area (Å²) >= 11 is 1.80. The Bertz CT molecular complexity index is 560. The van der Waals surface area contributed by atoms with E-state index in [0.717, 1.165) is 18.5 Å². The second-order valence-electron chi connectivity index (χ2n) is 4.68. The molecule has 2 nitrogen and oxygen atoms in total. The predicted octanol–water partition coefficient (Wildman–Crippen LogP) is 4.00. The van der Waals surface area contributed by atoms with E-state index in [1.165, 1.54) is 16.8 Å². The summed E-state index contributed by atoms with van der Waals surface area (Å²) in [6, 6.07) is 8.37. The lowest BCUT2D eigenvalue weighted by atomic mass is 10.0. The number of hydrogen-bond acceptors (Lipinski definition) is 3. The molecule has 1 aliphatic heterocycles. The molecule has 0 aromatic heterocycles. The van der Waals surface area contributed by atoms with Gasteiger partial charge in [-0.3, -0.25) is 0 Å². The Labute approximate surface area is 117 Å². The van der Waals surface area contributed by atoms with Crippen molar-refractivity contribution in [3.8, 4) is 0 Å². The van der Waals surface area contributed by atoms with Gasteiger partial charge in [0.2, 0.25) is 0 Å². The van der Waals surface area contributed by atoms with Crippen LogP contribution in [0, 0.1) is 0 Å². The predicted molar refractivity (Wildman–Crippen MR) is 82.0 cm³/mol. The number of para-hydroxylation sites is 1. The summed E-state index contributed by atoms with van der Waals surface area (Å²) in [5.41, 5.74) is 4.84. The first-order chi connectivity index (χ1) is 9.38. The number of allylic oxidation sites excluding steroid dienone is 3. The highest BCUT2D eigenvalue weighted by atomic mass is 32.2. The SMILES string of the molecule is OCCC1SC=C2C=CCC=C2Nc2ccccc21. The first-order valence-electron chi connectivity index (χ1n) is 6.58. The lowest BCUT2D eigenvalue weighted by Crippen LogP contribution is -2.10. The lowest BCUT2D eigenvalue weighted by molar-refractivity contribution is 0.287. The number of benzene rings is 1. The number of anilines is 1. The summed E-state index contributed by atoms with van der Waals surface area (Å²) in [6.45, 7) is 0.216. The average molecular weight is 271 g/mol. The van der Waals surface area contributed by atoms with Gasteiger partial charge in [-0.15, -0.1) is 11.8 Å². The molecule has 3 heteroatoms. The monoisotopic (exact) mass is 271 g/mol. The highest BCUT2D eigenvalue weighted by Crippen LogP contribution is 2.41. The molecule has 0 saturated carbocycles. The summed E-state index contributed by atoms with van der Waals surface area (Å²) in [6.07, 6.45) is 8.31. The Kier molecular flexibility index (Phi) is 3.76. The Hall–Kier alpha value is -1.45. The molecule has 2 aliphatic rings. The van der Waals surface area contributed by atoms with E-state index in [0.29, 0.717) is 5.25 Å². The molecule has 98 valence electrons. The molecule has 3 rings (SSSR count). The van der Waals surface area contributed by atoms with Gasteiger partial charge in [0.05, 0.1) is 0 Å². The van der Waals surface area contributed by atoms with Crippen LogP contribution in [0.15, 0.2) is 59.2 Å². The first-order valence-corrected chi connectivity index (χ1v) is 7.52. The van der Waals surface area contributed by atoms with Crippen molar-refractivity contribution in [2.45, 2.75) is 18.1 Å². The van der Waals surface area contributed by atoms with E-state index in [1.54, 1.807) is 11.8 Å². The van der Waals surface area contributed by atoms with Gasteiger partial charge in [-0.1, -0.05) is 36.4 Å². The van der Waals surface area contributed by atoms with E-state index in [9.17, 15) is 5.11 Å². The van der Waals surface area contributed by atoms with Crippen LogP contribution in [0.5, 0.6) is 0 Å². The van der Waals surface area contributed by atoms with E-state index >= 15 is 0 Å². The summed E-state index contributed by atoms with van der Waals surface area (Å²) in [5, 5.41) is 15.3. The van der Waals surface area contributed by atoms with Crippen LogP contribution in [0.25, 0.3) is 0 Å². The fraction of sp³-hybridized carbons (Fsp3) is 0.250. The Morgan fingerprint density at radius 2 is 2.21 bits per heavy atom. The molecule has 1 aromatic rings. The molecule has 0 saturated heterocycles. The molecule has 0 radical (unpaired) electrons. The largest absolute Gasteiger partial charge is 0.396 e. The van der Waals surface area contributed by atoms with Crippen molar-refractivity contribution in [1.82, 2.24) is 0 Å². The number of nitrogens with one attached hydrogen (secondary N) is 1. The van der Waals surface area contributed by atoms with Crippen LogP contribution >= 0.6 is 11.8 Å². The summed E-state index contributed by atoms with van der Waals surface area (Å²) < 4.78 is 0. The number of rotatable bonds is 2. The van der Waals surface area contributed by atoms with Crippen molar-refractivity contribution < 1.29 is 5.11 Å². The third kappa shape index (κ3) is 2.62. The zero-order valence-electron chi connectivity index (χ0n) is 10.7. The minimum atomic E-state index is 0.216. The molecule has 1 heterocycles. The summed E-state index contributed by atoms with van der Waals surface area (Å²) in [4.78, 5) is 0. The molecule has 2 N–H and O–H groups in total. The van der Waals surface area contributed by atoms with E-state index in [2.05, 4.69) is 53.2 Å². The molecule has 0 bridgehead atoms. The molecular formula is C16H17NOS. The van der Waals surface area contributed by atoms with Crippen molar-refractivity contribution in [1.29, 1.82) is 0 Å².